The molecular formula is C38H43N7O3S. The molecule has 10 nitrogen and oxygen atoms in total. The largest absolute Gasteiger partial charge is 0.351 e. The number of carbonyl (C=O) groups excluding carboxylic acids is 3. The van der Waals surface area contributed by atoms with Gasteiger partial charge in [0.05, 0.1) is 11.2 Å². The number of rotatable bonds is 14. The minimum atomic E-state index is -0.386. The van der Waals surface area contributed by atoms with E-state index in [2.05, 4.69) is 50.7 Å². The molecule has 5 rings (SSSR count). The number of fused-ring (bicyclic) bond motifs is 1. The number of hydrogen-bond donors (Lipinski definition) is 3. The Morgan fingerprint density at radius 1 is 0.939 bits per heavy atom. The molecule has 3 amide bonds. The van der Waals surface area contributed by atoms with Gasteiger partial charge in [-0.05, 0) is 87.3 Å². The molecule has 0 saturated carbocycles. The smallest absolute Gasteiger partial charge is 0.274 e. The van der Waals surface area contributed by atoms with Gasteiger partial charge in [-0.25, -0.2) is 4.98 Å². The Morgan fingerprint density at radius 2 is 1.69 bits per heavy atom. The molecule has 0 spiro atoms. The molecule has 2 aromatic carbocycles. The fourth-order valence-corrected chi connectivity index (χ4v) is 6.16. The molecule has 0 unspecified atom stereocenters. The summed E-state index contributed by atoms with van der Waals surface area (Å²) < 4.78 is 1.64. The first-order valence-electron chi connectivity index (χ1n) is 16.4. The second-order valence-corrected chi connectivity index (χ2v) is 13.8. The number of para-hydroxylation sites is 1. The average Bonchev–Trinajstić information content (AvgIpc) is 3.66. The van der Waals surface area contributed by atoms with E-state index in [9.17, 15) is 14.4 Å². The number of amides is 3. The van der Waals surface area contributed by atoms with Crippen LogP contribution < -0.4 is 16.0 Å². The van der Waals surface area contributed by atoms with Crippen LogP contribution in [0, 0.1) is 5.92 Å². The quantitative estimate of drug-likeness (QED) is 0.109. The SMILES string of the molecule is CC(C)CCc1sc(NC(=O)c2cc(NC(=O)c3ccc(C=Cc4cnc5ccccc5c4)cc3)cn2C)nc1C(=O)NCCCN(C)C. The van der Waals surface area contributed by atoms with Crippen LogP contribution in [0.1, 0.15) is 74.0 Å². The summed E-state index contributed by atoms with van der Waals surface area (Å²) in [6.45, 7) is 5.68. The van der Waals surface area contributed by atoms with Gasteiger partial charge in [0.1, 0.15) is 11.4 Å². The van der Waals surface area contributed by atoms with Crippen LogP contribution in [0.25, 0.3) is 23.1 Å². The highest BCUT2D eigenvalue weighted by Crippen LogP contribution is 2.27. The summed E-state index contributed by atoms with van der Waals surface area (Å²) in [5, 5.41) is 10.1. The number of nitrogens with zero attached hydrogens (tertiary/aromatic N) is 4. The van der Waals surface area contributed by atoms with Crippen LogP contribution in [-0.2, 0) is 13.5 Å². The minimum Gasteiger partial charge on any atom is -0.351 e. The third-order valence-corrected chi connectivity index (χ3v) is 8.93. The molecule has 0 aliphatic carbocycles. The fourth-order valence-electron chi connectivity index (χ4n) is 5.19. The number of pyridine rings is 1. The highest BCUT2D eigenvalue weighted by atomic mass is 32.1. The Morgan fingerprint density at radius 3 is 2.45 bits per heavy atom. The van der Waals surface area contributed by atoms with Crippen LogP contribution in [0.15, 0.2) is 73.1 Å². The molecule has 0 bridgehead atoms. The van der Waals surface area contributed by atoms with Crippen molar-refractivity contribution >= 4 is 62.9 Å². The van der Waals surface area contributed by atoms with Gasteiger partial charge in [-0.15, -0.1) is 11.3 Å². The summed E-state index contributed by atoms with van der Waals surface area (Å²) in [4.78, 5) is 51.3. The zero-order valence-corrected chi connectivity index (χ0v) is 29.4. The van der Waals surface area contributed by atoms with E-state index < -0.39 is 0 Å². The molecular weight excluding hydrogens is 635 g/mol. The molecule has 0 radical (unpaired) electrons. The van der Waals surface area contributed by atoms with Crippen molar-refractivity contribution in [2.24, 2.45) is 13.0 Å². The first-order valence-corrected chi connectivity index (χ1v) is 17.2. The van der Waals surface area contributed by atoms with E-state index in [-0.39, 0.29) is 17.7 Å². The Hall–Kier alpha value is -5.13. The summed E-state index contributed by atoms with van der Waals surface area (Å²) in [5.41, 5.74) is 4.56. The lowest BCUT2D eigenvalue weighted by Crippen LogP contribution is -2.28. The second kappa shape index (κ2) is 16.3. The second-order valence-electron chi connectivity index (χ2n) is 12.7. The number of nitrogens with one attached hydrogen (secondary N) is 3. The zero-order chi connectivity index (χ0) is 34.9. The third-order valence-electron chi connectivity index (χ3n) is 7.90. The van der Waals surface area contributed by atoms with E-state index in [4.69, 9.17) is 0 Å². The lowest BCUT2D eigenvalue weighted by molar-refractivity contribution is 0.0944. The van der Waals surface area contributed by atoms with Crippen molar-refractivity contribution in [3.63, 3.8) is 0 Å². The van der Waals surface area contributed by atoms with Crippen LogP contribution in [0.5, 0.6) is 0 Å². The van der Waals surface area contributed by atoms with Gasteiger partial charge in [-0.1, -0.05) is 56.3 Å². The van der Waals surface area contributed by atoms with Gasteiger partial charge in [0.15, 0.2) is 5.13 Å². The molecule has 3 N–H and O–H groups in total. The number of anilines is 2. The van der Waals surface area contributed by atoms with Crippen molar-refractivity contribution in [2.75, 3.05) is 37.8 Å². The number of aryl methyl sites for hydroxylation is 2. The molecule has 49 heavy (non-hydrogen) atoms. The molecule has 0 fully saturated rings. The number of aromatic nitrogens is 3. The molecule has 3 aromatic heterocycles. The van der Waals surface area contributed by atoms with Crippen molar-refractivity contribution in [3.05, 3.63) is 106 Å². The Kier molecular flexibility index (Phi) is 11.7. The summed E-state index contributed by atoms with van der Waals surface area (Å²) in [6, 6.07) is 19.0. The van der Waals surface area contributed by atoms with E-state index >= 15 is 0 Å². The number of thiazole rings is 1. The van der Waals surface area contributed by atoms with E-state index in [1.165, 1.54) is 11.3 Å². The predicted octanol–water partition coefficient (Wildman–Crippen LogP) is 6.97. The first kappa shape index (κ1) is 35.2. The summed E-state index contributed by atoms with van der Waals surface area (Å²) in [5.74, 6) is -0.447. The van der Waals surface area contributed by atoms with Crippen LogP contribution in [0.3, 0.4) is 0 Å². The molecule has 0 atom stereocenters. The van der Waals surface area contributed by atoms with E-state index in [1.807, 2.05) is 68.8 Å². The molecule has 254 valence electrons. The molecule has 0 aliphatic rings. The molecule has 11 heteroatoms. The lowest BCUT2D eigenvalue weighted by Gasteiger charge is -2.10. The Bertz CT molecular complexity index is 1960. The molecule has 0 aliphatic heterocycles. The predicted molar refractivity (Wildman–Crippen MR) is 199 cm³/mol. The number of carbonyl (C=O) groups is 3. The lowest BCUT2D eigenvalue weighted by atomic mass is 10.1. The van der Waals surface area contributed by atoms with Crippen molar-refractivity contribution < 1.29 is 14.4 Å². The van der Waals surface area contributed by atoms with Crippen molar-refractivity contribution in [3.8, 4) is 0 Å². The van der Waals surface area contributed by atoms with Crippen molar-refractivity contribution in [1.29, 1.82) is 0 Å². The molecule has 0 saturated heterocycles. The van der Waals surface area contributed by atoms with Gasteiger partial charge >= 0.3 is 0 Å². The summed E-state index contributed by atoms with van der Waals surface area (Å²) in [7, 11) is 5.73. The maximum atomic E-state index is 13.3. The van der Waals surface area contributed by atoms with Gasteiger partial charge in [0, 0.05) is 41.8 Å². The van der Waals surface area contributed by atoms with Gasteiger partial charge in [0.2, 0.25) is 0 Å². The maximum Gasteiger partial charge on any atom is 0.274 e. The number of hydrogen-bond acceptors (Lipinski definition) is 7. The van der Waals surface area contributed by atoms with Gasteiger partial charge in [0.25, 0.3) is 17.7 Å². The van der Waals surface area contributed by atoms with Crippen molar-refractivity contribution in [1.82, 2.24) is 24.8 Å². The van der Waals surface area contributed by atoms with E-state index in [1.54, 1.807) is 36.0 Å². The topological polar surface area (TPSA) is 121 Å². The summed E-state index contributed by atoms with van der Waals surface area (Å²) >= 11 is 1.32. The van der Waals surface area contributed by atoms with Crippen LogP contribution >= 0.6 is 11.3 Å². The van der Waals surface area contributed by atoms with Gasteiger partial charge in [-0.2, -0.15) is 0 Å². The van der Waals surface area contributed by atoms with Gasteiger partial charge in [-0.3, -0.25) is 24.7 Å². The average molecular weight is 678 g/mol. The third kappa shape index (κ3) is 9.71. The maximum absolute atomic E-state index is 13.3. The van der Waals surface area contributed by atoms with Crippen LogP contribution in [0.4, 0.5) is 10.8 Å². The molecule has 3 heterocycles. The monoisotopic (exact) mass is 677 g/mol. The first-order chi connectivity index (χ1) is 23.5. The fraction of sp³-hybridized carbons (Fsp3) is 0.289. The highest BCUT2D eigenvalue weighted by Gasteiger charge is 2.21. The summed E-state index contributed by atoms with van der Waals surface area (Å²) in [6.07, 6.45) is 9.92. The van der Waals surface area contributed by atoms with Crippen LogP contribution in [-0.4, -0.2) is 64.3 Å². The minimum absolute atomic E-state index is 0.232. The van der Waals surface area contributed by atoms with E-state index in [0.29, 0.717) is 46.7 Å². The Balaban J connectivity index is 1.20. The van der Waals surface area contributed by atoms with Crippen molar-refractivity contribution in [2.45, 2.75) is 33.1 Å². The Labute approximate surface area is 291 Å². The van der Waals surface area contributed by atoms with Gasteiger partial charge < -0.3 is 20.1 Å². The normalized spacial score (nSPS) is 11.5. The zero-order valence-electron chi connectivity index (χ0n) is 28.6. The number of benzene rings is 2. The standard InChI is InChI=1S/C38H43N7O3S/c1-25(2)11-18-33-34(37(48)39-19-8-20-44(3)4)42-38(49-33)43-36(47)32-22-30(24-45(32)5)41-35(46)28-16-14-26(15-17-28)12-13-27-21-29-9-6-7-10-31(29)40-23-27/h6-7,9-10,12-17,21-25H,8,11,18-20H2,1-5H3,(H,39,48)(H,41,46)(H,42,43,47). The highest BCUT2D eigenvalue weighted by molar-refractivity contribution is 7.16. The molecule has 5 aromatic rings. The van der Waals surface area contributed by atoms with Crippen LogP contribution in [0.2, 0.25) is 0 Å². The van der Waals surface area contributed by atoms with E-state index in [0.717, 1.165) is 46.3 Å².